The Kier molecular flexibility index (Phi) is 9.93. The minimum Gasteiger partial charge on any atom is -0.466 e. The summed E-state index contributed by atoms with van der Waals surface area (Å²) in [4.78, 5) is 24.8. The molecule has 156 valence electrons. The molecule has 0 aliphatic heterocycles. The molecule has 0 spiro atoms. The van der Waals surface area contributed by atoms with Crippen LogP contribution in [-0.2, 0) is 31.9 Å². The predicted octanol–water partition coefficient (Wildman–Crippen LogP) is 3.42. The van der Waals surface area contributed by atoms with Gasteiger partial charge in [0.05, 0.1) is 25.0 Å². The monoisotopic (exact) mass is 397 g/mol. The summed E-state index contributed by atoms with van der Waals surface area (Å²) in [5, 5.41) is 3.30. The van der Waals surface area contributed by atoms with Crippen LogP contribution in [0, 0.1) is 11.8 Å². The van der Waals surface area contributed by atoms with Gasteiger partial charge in [-0.1, -0.05) is 60.7 Å². The number of ether oxygens (including phenoxy) is 2. The van der Waals surface area contributed by atoms with Gasteiger partial charge in [-0.15, -0.1) is 0 Å². The average Bonchev–Trinajstić information content (AvgIpc) is 2.74. The van der Waals surface area contributed by atoms with Crippen LogP contribution in [0.15, 0.2) is 60.7 Å². The van der Waals surface area contributed by atoms with Crippen molar-refractivity contribution in [2.75, 3.05) is 26.3 Å². The van der Waals surface area contributed by atoms with Gasteiger partial charge in [0.25, 0.3) is 0 Å². The summed E-state index contributed by atoms with van der Waals surface area (Å²) in [6, 6.07) is 19.8. The van der Waals surface area contributed by atoms with Crippen molar-refractivity contribution in [3.63, 3.8) is 0 Å². The summed E-state index contributed by atoms with van der Waals surface area (Å²) in [6.45, 7) is 5.20. The highest BCUT2D eigenvalue weighted by Crippen LogP contribution is 2.13. The number of rotatable bonds is 12. The standard InChI is InChI=1S/C24H31NO4/c1-3-28-23(26)21(15-19-11-7-5-8-12-19)17-25-18-22(24(27)29-4-2)16-20-13-9-6-10-14-20/h5-14,21-22,25H,3-4,15-18H2,1-2H3/t21-,22-/m0/s1. The fraction of sp³-hybridized carbons (Fsp3) is 0.417. The topological polar surface area (TPSA) is 64.6 Å². The van der Waals surface area contributed by atoms with E-state index in [1.807, 2.05) is 74.5 Å². The van der Waals surface area contributed by atoms with Crippen LogP contribution < -0.4 is 5.32 Å². The van der Waals surface area contributed by atoms with E-state index in [0.29, 0.717) is 39.1 Å². The van der Waals surface area contributed by atoms with Crippen molar-refractivity contribution in [3.05, 3.63) is 71.8 Å². The van der Waals surface area contributed by atoms with Crippen LogP contribution in [0.1, 0.15) is 25.0 Å². The van der Waals surface area contributed by atoms with Gasteiger partial charge in [0, 0.05) is 13.1 Å². The Hall–Kier alpha value is -2.66. The molecule has 0 radical (unpaired) electrons. The van der Waals surface area contributed by atoms with E-state index in [2.05, 4.69) is 5.32 Å². The fourth-order valence-corrected chi connectivity index (χ4v) is 3.23. The lowest BCUT2D eigenvalue weighted by Crippen LogP contribution is -2.37. The maximum atomic E-state index is 12.4. The Bertz CT molecular complexity index is 670. The zero-order chi connectivity index (χ0) is 20.9. The van der Waals surface area contributed by atoms with E-state index >= 15 is 0 Å². The maximum absolute atomic E-state index is 12.4. The lowest BCUT2D eigenvalue weighted by Gasteiger charge is -2.20. The molecule has 0 saturated heterocycles. The van der Waals surface area contributed by atoms with Crippen LogP contribution in [0.3, 0.4) is 0 Å². The van der Waals surface area contributed by atoms with Gasteiger partial charge >= 0.3 is 11.9 Å². The van der Waals surface area contributed by atoms with Crippen LogP contribution in [-0.4, -0.2) is 38.2 Å². The Morgan fingerprint density at radius 2 is 1.10 bits per heavy atom. The summed E-state index contributed by atoms with van der Waals surface area (Å²) in [5.41, 5.74) is 2.16. The number of carbonyl (C=O) groups excluding carboxylic acids is 2. The molecule has 0 aliphatic carbocycles. The molecule has 2 atom stereocenters. The van der Waals surface area contributed by atoms with Gasteiger partial charge in [0.2, 0.25) is 0 Å². The van der Waals surface area contributed by atoms with E-state index in [4.69, 9.17) is 9.47 Å². The van der Waals surface area contributed by atoms with Gasteiger partial charge in [0.15, 0.2) is 0 Å². The fourth-order valence-electron chi connectivity index (χ4n) is 3.23. The number of carbonyl (C=O) groups is 2. The Morgan fingerprint density at radius 1 is 0.724 bits per heavy atom. The molecule has 5 nitrogen and oxygen atoms in total. The molecule has 1 N–H and O–H groups in total. The average molecular weight is 398 g/mol. The van der Waals surface area contributed by atoms with Crippen molar-refractivity contribution in [1.29, 1.82) is 0 Å². The Balaban J connectivity index is 1.98. The first-order chi connectivity index (χ1) is 14.1. The summed E-state index contributed by atoms with van der Waals surface area (Å²) < 4.78 is 10.5. The molecule has 0 fully saturated rings. The number of hydrogen-bond donors (Lipinski definition) is 1. The number of esters is 2. The molecule has 0 saturated carbocycles. The minimum absolute atomic E-state index is 0.223. The molecule has 2 aromatic rings. The molecule has 2 rings (SSSR count). The van der Waals surface area contributed by atoms with Crippen LogP contribution >= 0.6 is 0 Å². The highest BCUT2D eigenvalue weighted by atomic mass is 16.5. The minimum atomic E-state index is -0.308. The van der Waals surface area contributed by atoms with Gasteiger partial charge < -0.3 is 14.8 Å². The Labute approximate surface area is 173 Å². The molecule has 0 heterocycles. The first-order valence-corrected chi connectivity index (χ1v) is 10.3. The largest absolute Gasteiger partial charge is 0.466 e. The first-order valence-electron chi connectivity index (χ1n) is 10.3. The lowest BCUT2D eigenvalue weighted by atomic mass is 9.97. The molecule has 0 aliphatic rings. The zero-order valence-corrected chi connectivity index (χ0v) is 17.3. The van der Waals surface area contributed by atoms with Crippen LogP contribution in [0.4, 0.5) is 0 Å². The predicted molar refractivity (Wildman–Crippen MR) is 113 cm³/mol. The van der Waals surface area contributed by atoms with Crippen LogP contribution in [0.25, 0.3) is 0 Å². The van der Waals surface area contributed by atoms with E-state index in [0.717, 1.165) is 11.1 Å². The molecular formula is C24H31NO4. The van der Waals surface area contributed by atoms with Crippen molar-refractivity contribution in [2.24, 2.45) is 11.8 Å². The van der Waals surface area contributed by atoms with Crippen molar-refractivity contribution < 1.29 is 19.1 Å². The third-order valence-electron chi connectivity index (χ3n) is 4.67. The number of hydrogen-bond acceptors (Lipinski definition) is 5. The highest BCUT2D eigenvalue weighted by molar-refractivity contribution is 5.74. The second kappa shape index (κ2) is 12.7. The summed E-state index contributed by atoms with van der Waals surface area (Å²) in [6.07, 6.45) is 1.19. The summed E-state index contributed by atoms with van der Waals surface area (Å²) >= 11 is 0. The second-order valence-corrected chi connectivity index (χ2v) is 6.94. The maximum Gasteiger partial charge on any atom is 0.310 e. The SMILES string of the molecule is CCOC(=O)[C@H](CNC[C@H](Cc1ccccc1)C(=O)OCC)Cc1ccccc1. The lowest BCUT2D eigenvalue weighted by molar-refractivity contribution is -0.147. The van der Waals surface area contributed by atoms with Crippen molar-refractivity contribution in [1.82, 2.24) is 5.32 Å². The molecule has 0 amide bonds. The Morgan fingerprint density at radius 3 is 1.45 bits per heavy atom. The zero-order valence-electron chi connectivity index (χ0n) is 17.3. The molecule has 29 heavy (non-hydrogen) atoms. The van der Waals surface area contributed by atoms with E-state index in [1.165, 1.54) is 0 Å². The molecule has 0 unspecified atom stereocenters. The van der Waals surface area contributed by atoms with Gasteiger partial charge in [-0.05, 0) is 37.8 Å². The van der Waals surface area contributed by atoms with E-state index in [9.17, 15) is 9.59 Å². The van der Waals surface area contributed by atoms with Crippen molar-refractivity contribution in [3.8, 4) is 0 Å². The highest BCUT2D eigenvalue weighted by Gasteiger charge is 2.23. The summed E-state index contributed by atoms with van der Waals surface area (Å²) in [7, 11) is 0. The molecule has 5 heteroatoms. The number of benzene rings is 2. The van der Waals surface area contributed by atoms with Crippen molar-refractivity contribution >= 4 is 11.9 Å². The first kappa shape index (κ1) is 22.6. The van der Waals surface area contributed by atoms with E-state index in [1.54, 1.807) is 0 Å². The normalized spacial score (nSPS) is 12.8. The molecule has 0 aromatic heterocycles. The van der Waals surface area contributed by atoms with Gasteiger partial charge in [-0.25, -0.2) is 0 Å². The van der Waals surface area contributed by atoms with Gasteiger partial charge in [-0.3, -0.25) is 9.59 Å². The van der Waals surface area contributed by atoms with E-state index in [-0.39, 0.29) is 23.8 Å². The van der Waals surface area contributed by atoms with E-state index < -0.39 is 0 Å². The molecule has 0 bridgehead atoms. The second-order valence-electron chi connectivity index (χ2n) is 6.94. The molecule has 2 aromatic carbocycles. The van der Waals surface area contributed by atoms with Crippen LogP contribution in [0.2, 0.25) is 0 Å². The van der Waals surface area contributed by atoms with Gasteiger partial charge in [0.1, 0.15) is 0 Å². The quantitative estimate of drug-likeness (QED) is 0.556. The smallest absolute Gasteiger partial charge is 0.310 e. The summed E-state index contributed by atoms with van der Waals surface area (Å²) in [5.74, 6) is -1.06. The number of nitrogens with one attached hydrogen (secondary N) is 1. The van der Waals surface area contributed by atoms with Crippen molar-refractivity contribution in [2.45, 2.75) is 26.7 Å². The van der Waals surface area contributed by atoms with Crippen LogP contribution in [0.5, 0.6) is 0 Å². The van der Waals surface area contributed by atoms with Gasteiger partial charge in [-0.2, -0.15) is 0 Å². The third-order valence-corrected chi connectivity index (χ3v) is 4.67. The molecular weight excluding hydrogens is 366 g/mol. The third kappa shape index (κ3) is 8.08.